The molecule has 28 heavy (non-hydrogen) atoms. The van der Waals surface area contributed by atoms with Crippen molar-refractivity contribution in [3.63, 3.8) is 0 Å². The van der Waals surface area contributed by atoms with E-state index in [1.807, 2.05) is 36.4 Å². The van der Waals surface area contributed by atoms with E-state index in [1.54, 1.807) is 42.5 Å². The highest BCUT2D eigenvalue weighted by Crippen LogP contribution is 2.15. The van der Waals surface area contributed by atoms with Crippen molar-refractivity contribution in [2.45, 2.75) is 6.54 Å². The van der Waals surface area contributed by atoms with Crippen molar-refractivity contribution in [3.8, 4) is 5.69 Å². The predicted octanol–water partition coefficient (Wildman–Crippen LogP) is 2.61. The molecule has 138 valence electrons. The number of rotatable bonds is 4. The minimum Gasteiger partial charge on any atom is -0.348 e. The molecule has 6 nitrogen and oxygen atoms in total. The fourth-order valence-electron chi connectivity index (χ4n) is 3.07. The van der Waals surface area contributed by atoms with Gasteiger partial charge < -0.3 is 10.3 Å². The maximum Gasteiger partial charge on any atom is 0.321 e. The van der Waals surface area contributed by atoms with Gasteiger partial charge in [-0.1, -0.05) is 48.5 Å². The van der Waals surface area contributed by atoms with Gasteiger partial charge in [-0.2, -0.15) is 0 Å². The largest absolute Gasteiger partial charge is 0.348 e. The average molecular weight is 371 g/mol. The Bertz CT molecular complexity index is 1260. The van der Waals surface area contributed by atoms with Crippen LogP contribution in [0.1, 0.15) is 15.9 Å². The number of nitrogens with one attached hydrogen (secondary N) is 2. The Hall–Kier alpha value is -3.93. The molecule has 6 heteroatoms. The Balaban J connectivity index is 1.72. The number of amides is 1. The molecule has 0 saturated carbocycles. The Kier molecular flexibility index (Phi) is 4.60. The SMILES string of the molecule is O=C(NCc1ccccc1)c1ccc2c(c1)[nH]c(=O)c(=O)n2-c1ccccc1. The van der Waals surface area contributed by atoms with Gasteiger partial charge in [0.15, 0.2) is 0 Å². The number of H-pyrrole nitrogens is 1. The lowest BCUT2D eigenvalue weighted by atomic mass is 10.1. The molecule has 0 spiro atoms. The number of hydrogen-bond acceptors (Lipinski definition) is 3. The summed E-state index contributed by atoms with van der Waals surface area (Å²) in [7, 11) is 0. The van der Waals surface area contributed by atoms with Crippen LogP contribution in [-0.2, 0) is 6.54 Å². The normalized spacial score (nSPS) is 10.7. The van der Waals surface area contributed by atoms with E-state index >= 15 is 0 Å². The summed E-state index contributed by atoms with van der Waals surface area (Å²) in [6.45, 7) is 0.401. The van der Waals surface area contributed by atoms with Crippen LogP contribution in [0.3, 0.4) is 0 Å². The number of aromatic nitrogens is 2. The summed E-state index contributed by atoms with van der Waals surface area (Å²) in [4.78, 5) is 39.6. The number of nitrogens with zero attached hydrogens (tertiary/aromatic N) is 1. The van der Waals surface area contributed by atoms with Crippen molar-refractivity contribution in [1.29, 1.82) is 0 Å². The highest BCUT2D eigenvalue weighted by atomic mass is 16.2. The zero-order valence-electron chi connectivity index (χ0n) is 14.9. The van der Waals surface area contributed by atoms with Crippen LogP contribution < -0.4 is 16.4 Å². The maximum absolute atomic E-state index is 12.5. The number of fused-ring (bicyclic) bond motifs is 1. The number of carbonyl (C=O) groups is 1. The summed E-state index contributed by atoms with van der Waals surface area (Å²) >= 11 is 0. The standard InChI is InChI=1S/C22H17N3O3/c26-20(23-14-15-7-3-1-4-8-15)16-11-12-19-18(13-16)24-21(27)22(28)25(19)17-9-5-2-6-10-17/h1-13H,14H2,(H,23,26)(H,24,27). The number of carbonyl (C=O) groups excluding carboxylic acids is 1. The highest BCUT2D eigenvalue weighted by Gasteiger charge is 2.12. The molecule has 4 rings (SSSR count). The minimum atomic E-state index is -0.738. The van der Waals surface area contributed by atoms with E-state index in [0.29, 0.717) is 28.8 Å². The summed E-state index contributed by atoms with van der Waals surface area (Å²) in [5.41, 5.74) is 1.51. The topological polar surface area (TPSA) is 84.0 Å². The minimum absolute atomic E-state index is 0.260. The molecular weight excluding hydrogens is 354 g/mol. The van der Waals surface area contributed by atoms with Crippen LogP contribution in [0.4, 0.5) is 0 Å². The smallest absolute Gasteiger partial charge is 0.321 e. The van der Waals surface area contributed by atoms with Crippen LogP contribution in [-0.4, -0.2) is 15.5 Å². The zero-order chi connectivity index (χ0) is 19.5. The van der Waals surface area contributed by atoms with Crippen molar-refractivity contribution in [2.24, 2.45) is 0 Å². The Morgan fingerprint density at radius 3 is 2.29 bits per heavy atom. The Morgan fingerprint density at radius 2 is 1.57 bits per heavy atom. The van der Waals surface area contributed by atoms with Crippen molar-refractivity contribution < 1.29 is 4.79 Å². The van der Waals surface area contributed by atoms with Crippen LogP contribution in [0.2, 0.25) is 0 Å². The van der Waals surface area contributed by atoms with Gasteiger partial charge in [-0.25, -0.2) is 0 Å². The van der Waals surface area contributed by atoms with E-state index in [4.69, 9.17) is 0 Å². The predicted molar refractivity (Wildman–Crippen MR) is 108 cm³/mol. The summed E-state index contributed by atoms with van der Waals surface area (Å²) in [5, 5.41) is 2.85. The van der Waals surface area contributed by atoms with Gasteiger partial charge in [-0.05, 0) is 35.9 Å². The van der Waals surface area contributed by atoms with Crippen LogP contribution in [0.25, 0.3) is 16.7 Å². The lowest BCUT2D eigenvalue weighted by Gasteiger charge is -2.11. The quantitative estimate of drug-likeness (QED) is 0.541. The van der Waals surface area contributed by atoms with Crippen molar-refractivity contribution in [3.05, 3.63) is 111 Å². The number of hydrogen-bond donors (Lipinski definition) is 2. The summed E-state index contributed by atoms with van der Waals surface area (Å²) in [5.74, 6) is -0.260. The van der Waals surface area contributed by atoms with Crippen molar-refractivity contribution in [2.75, 3.05) is 0 Å². The first-order chi connectivity index (χ1) is 13.6. The van der Waals surface area contributed by atoms with Crippen molar-refractivity contribution >= 4 is 16.9 Å². The highest BCUT2D eigenvalue weighted by molar-refractivity contribution is 5.97. The van der Waals surface area contributed by atoms with Gasteiger partial charge in [0.1, 0.15) is 0 Å². The Morgan fingerprint density at radius 1 is 0.893 bits per heavy atom. The second kappa shape index (κ2) is 7.36. The first-order valence-electron chi connectivity index (χ1n) is 8.80. The third kappa shape index (κ3) is 3.35. The van der Waals surface area contributed by atoms with E-state index in [-0.39, 0.29) is 5.91 Å². The lowest BCUT2D eigenvalue weighted by Crippen LogP contribution is -2.35. The monoisotopic (exact) mass is 371 g/mol. The van der Waals surface area contributed by atoms with Gasteiger partial charge in [0.05, 0.1) is 11.0 Å². The molecule has 0 unspecified atom stereocenters. The van der Waals surface area contributed by atoms with Crippen LogP contribution in [0.15, 0.2) is 88.5 Å². The molecule has 3 aromatic carbocycles. The summed E-state index contributed by atoms with van der Waals surface area (Å²) in [6, 6.07) is 23.4. The van der Waals surface area contributed by atoms with E-state index in [2.05, 4.69) is 10.3 Å². The van der Waals surface area contributed by atoms with Gasteiger partial charge in [0.2, 0.25) is 0 Å². The van der Waals surface area contributed by atoms with Crippen molar-refractivity contribution in [1.82, 2.24) is 14.9 Å². The van der Waals surface area contributed by atoms with Crippen LogP contribution >= 0.6 is 0 Å². The first-order valence-corrected chi connectivity index (χ1v) is 8.80. The molecule has 0 radical (unpaired) electrons. The number of aromatic amines is 1. The molecule has 0 saturated heterocycles. The molecule has 0 aliphatic rings. The maximum atomic E-state index is 12.5. The van der Waals surface area contributed by atoms with Gasteiger partial charge in [0.25, 0.3) is 5.91 Å². The van der Waals surface area contributed by atoms with Crippen LogP contribution in [0, 0.1) is 0 Å². The van der Waals surface area contributed by atoms with Gasteiger partial charge in [0, 0.05) is 17.8 Å². The molecule has 0 atom stereocenters. The molecular formula is C22H17N3O3. The molecule has 0 bridgehead atoms. The molecule has 0 aliphatic heterocycles. The molecule has 1 amide bonds. The van der Waals surface area contributed by atoms with E-state index in [9.17, 15) is 14.4 Å². The van der Waals surface area contributed by atoms with E-state index in [1.165, 1.54) is 4.57 Å². The van der Waals surface area contributed by atoms with Gasteiger partial charge in [-0.3, -0.25) is 19.0 Å². The molecule has 2 N–H and O–H groups in total. The Labute approximate surface area is 160 Å². The third-order valence-corrected chi connectivity index (χ3v) is 4.46. The number of para-hydroxylation sites is 1. The average Bonchev–Trinajstić information content (AvgIpc) is 2.74. The zero-order valence-corrected chi connectivity index (χ0v) is 14.9. The second-order valence-corrected chi connectivity index (χ2v) is 6.33. The summed E-state index contributed by atoms with van der Waals surface area (Å²) in [6.07, 6.45) is 0. The molecule has 0 aliphatic carbocycles. The fourth-order valence-corrected chi connectivity index (χ4v) is 3.07. The third-order valence-electron chi connectivity index (χ3n) is 4.46. The summed E-state index contributed by atoms with van der Waals surface area (Å²) < 4.78 is 1.35. The fraction of sp³-hybridized carbons (Fsp3) is 0.0455. The molecule has 4 aromatic rings. The lowest BCUT2D eigenvalue weighted by molar-refractivity contribution is 0.0951. The molecule has 0 fully saturated rings. The first kappa shape index (κ1) is 17.5. The van der Waals surface area contributed by atoms with Gasteiger partial charge >= 0.3 is 11.1 Å². The van der Waals surface area contributed by atoms with E-state index in [0.717, 1.165) is 5.56 Å². The van der Waals surface area contributed by atoms with Crippen LogP contribution in [0.5, 0.6) is 0 Å². The van der Waals surface area contributed by atoms with Gasteiger partial charge in [-0.15, -0.1) is 0 Å². The number of benzene rings is 3. The molecule has 1 heterocycles. The van der Waals surface area contributed by atoms with E-state index < -0.39 is 11.1 Å². The second-order valence-electron chi connectivity index (χ2n) is 6.33. The molecule has 1 aromatic heterocycles.